The molecule has 11 heteroatoms. The number of fused-ring (bicyclic) bond motifs is 1. The van der Waals surface area contributed by atoms with Crippen molar-refractivity contribution in [1.29, 1.82) is 0 Å². The predicted octanol–water partition coefficient (Wildman–Crippen LogP) is 4.83. The van der Waals surface area contributed by atoms with E-state index in [1.54, 1.807) is 12.1 Å². The maximum Gasteiger partial charge on any atom is 0.340 e. The van der Waals surface area contributed by atoms with Crippen LogP contribution in [0.5, 0.6) is 0 Å². The highest BCUT2D eigenvalue weighted by Crippen LogP contribution is 2.37. The standard InChI is InChI=1S/C26H27ClN4O6/c1-15(32)30(2)31(25(34)16-7-5-4-6-8-16)22-19(26(35)36-3)11-9-17-13-20(37-23(17)22)24(33)29-21-12-10-18(27)14-28-21/h9-14,16H,4-8H2,1-3H3,(H,28,29,33). The van der Waals surface area contributed by atoms with E-state index in [0.717, 1.165) is 24.3 Å². The predicted molar refractivity (Wildman–Crippen MR) is 137 cm³/mol. The number of carbonyl (C=O) groups is 4. The van der Waals surface area contributed by atoms with Gasteiger partial charge in [0, 0.05) is 31.5 Å². The van der Waals surface area contributed by atoms with Gasteiger partial charge >= 0.3 is 5.97 Å². The van der Waals surface area contributed by atoms with E-state index in [4.69, 9.17) is 20.8 Å². The highest BCUT2D eigenvalue weighted by atomic mass is 35.5. The minimum atomic E-state index is -0.719. The molecule has 1 aromatic carbocycles. The van der Waals surface area contributed by atoms with Crippen LogP contribution in [0.2, 0.25) is 5.02 Å². The first-order valence-corrected chi connectivity index (χ1v) is 12.2. The molecule has 0 atom stereocenters. The molecule has 10 nitrogen and oxygen atoms in total. The molecule has 0 spiro atoms. The lowest BCUT2D eigenvalue weighted by molar-refractivity contribution is -0.135. The molecule has 2 heterocycles. The van der Waals surface area contributed by atoms with E-state index in [1.807, 2.05) is 0 Å². The lowest BCUT2D eigenvalue weighted by atomic mass is 9.88. The number of anilines is 2. The van der Waals surface area contributed by atoms with E-state index in [1.165, 1.54) is 50.5 Å². The molecule has 0 bridgehead atoms. The Kier molecular flexibility index (Phi) is 7.77. The van der Waals surface area contributed by atoms with Gasteiger partial charge in [-0.15, -0.1) is 0 Å². The number of benzene rings is 1. The number of hydrazine groups is 1. The van der Waals surface area contributed by atoms with Gasteiger partial charge in [-0.3, -0.25) is 19.4 Å². The van der Waals surface area contributed by atoms with Gasteiger partial charge in [0.1, 0.15) is 11.5 Å². The highest BCUT2D eigenvalue weighted by Gasteiger charge is 2.35. The van der Waals surface area contributed by atoms with Gasteiger partial charge in [0.25, 0.3) is 5.91 Å². The van der Waals surface area contributed by atoms with Crippen LogP contribution < -0.4 is 10.3 Å². The summed E-state index contributed by atoms with van der Waals surface area (Å²) in [6.45, 7) is 1.32. The molecule has 1 N–H and O–H groups in total. The fraction of sp³-hybridized carbons (Fsp3) is 0.346. The van der Waals surface area contributed by atoms with Crippen LogP contribution in [0.25, 0.3) is 11.0 Å². The van der Waals surface area contributed by atoms with Crippen molar-refractivity contribution < 1.29 is 28.3 Å². The third-order valence-electron chi connectivity index (χ3n) is 6.39. The minimum Gasteiger partial charge on any atom is -0.465 e. The molecule has 0 radical (unpaired) electrons. The second kappa shape index (κ2) is 11.0. The van der Waals surface area contributed by atoms with Crippen molar-refractivity contribution in [2.45, 2.75) is 39.0 Å². The van der Waals surface area contributed by atoms with Gasteiger partial charge in [-0.1, -0.05) is 36.9 Å². The Labute approximate surface area is 218 Å². The third kappa shape index (κ3) is 5.43. The number of pyridine rings is 1. The summed E-state index contributed by atoms with van der Waals surface area (Å²) in [4.78, 5) is 56.0. The van der Waals surface area contributed by atoms with Gasteiger partial charge < -0.3 is 14.5 Å². The first-order valence-electron chi connectivity index (χ1n) is 11.9. The quantitative estimate of drug-likeness (QED) is 0.373. The molecular formula is C26H27ClN4O6. The fourth-order valence-corrected chi connectivity index (χ4v) is 4.50. The van der Waals surface area contributed by atoms with E-state index in [2.05, 4.69) is 10.3 Å². The average Bonchev–Trinajstić information content (AvgIpc) is 3.35. The molecule has 0 aliphatic heterocycles. The summed E-state index contributed by atoms with van der Waals surface area (Å²) in [5, 5.41) is 5.82. The molecule has 0 unspecified atom stereocenters. The number of hydrogen-bond acceptors (Lipinski definition) is 7. The van der Waals surface area contributed by atoms with Crippen molar-refractivity contribution in [3.8, 4) is 0 Å². The Morgan fingerprint density at radius 3 is 2.46 bits per heavy atom. The minimum absolute atomic E-state index is 0.0212. The van der Waals surface area contributed by atoms with E-state index in [9.17, 15) is 19.2 Å². The number of amides is 3. The number of methoxy groups -OCH3 is 1. The van der Waals surface area contributed by atoms with E-state index in [0.29, 0.717) is 23.3 Å². The molecule has 1 aliphatic rings. The van der Waals surface area contributed by atoms with Crippen molar-refractivity contribution in [3.63, 3.8) is 0 Å². The number of nitrogens with one attached hydrogen (secondary N) is 1. The van der Waals surface area contributed by atoms with Crippen LogP contribution in [0.1, 0.15) is 59.9 Å². The SMILES string of the molecule is COC(=O)c1ccc2cc(C(=O)Nc3ccc(Cl)cn3)oc2c1N(C(=O)C1CCCCC1)N(C)C(C)=O. The van der Waals surface area contributed by atoms with Gasteiger partial charge in [-0.05, 0) is 37.1 Å². The molecule has 3 amide bonds. The van der Waals surface area contributed by atoms with Gasteiger partial charge in [-0.2, -0.15) is 0 Å². The fourth-order valence-electron chi connectivity index (χ4n) is 4.38. The Balaban J connectivity index is 1.84. The smallest absolute Gasteiger partial charge is 0.340 e. The van der Waals surface area contributed by atoms with E-state index < -0.39 is 17.8 Å². The summed E-state index contributed by atoms with van der Waals surface area (Å²) in [6, 6.07) is 7.67. The maximum atomic E-state index is 13.8. The number of carbonyl (C=O) groups excluding carboxylic acids is 4. The van der Waals surface area contributed by atoms with Gasteiger partial charge in [0.2, 0.25) is 11.8 Å². The van der Waals surface area contributed by atoms with Crippen LogP contribution in [-0.2, 0) is 14.3 Å². The van der Waals surface area contributed by atoms with Crippen LogP contribution in [0, 0.1) is 5.92 Å². The number of ether oxygens (including phenoxy) is 1. The first kappa shape index (κ1) is 26.2. The molecule has 1 fully saturated rings. The number of esters is 1. The molecule has 1 saturated carbocycles. The zero-order chi connectivity index (χ0) is 26.7. The normalized spacial score (nSPS) is 13.7. The van der Waals surface area contributed by atoms with Crippen molar-refractivity contribution in [1.82, 2.24) is 9.99 Å². The molecule has 4 rings (SSSR count). The molecule has 0 saturated heterocycles. The van der Waals surface area contributed by atoms with Gasteiger partial charge in [0.05, 0.1) is 17.7 Å². The second-order valence-corrected chi connectivity index (χ2v) is 9.26. The summed E-state index contributed by atoms with van der Waals surface area (Å²) >= 11 is 5.86. The number of rotatable bonds is 5. The largest absolute Gasteiger partial charge is 0.465 e. The lowest BCUT2D eigenvalue weighted by Gasteiger charge is -2.35. The summed E-state index contributed by atoms with van der Waals surface area (Å²) in [5.41, 5.74) is 0.156. The Bertz CT molecular complexity index is 1350. The third-order valence-corrected chi connectivity index (χ3v) is 6.61. The summed E-state index contributed by atoms with van der Waals surface area (Å²) in [6.07, 6.45) is 5.56. The number of halogens is 1. The van der Waals surface area contributed by atoms with Crippen molar-refractivity contribution >= 4 is 57.8 Å². The molecule has 2 aromatic heterocycles. The summed E-state index contributed by atoms with van der Waals surface area (Å²) in [7, 11) is 2.67. The van der Waals surface area contributed by atoms with Crippen LogP contribution in [-0.4, -0.2) is 47.8 Å². The topological polar surface area (TPSA) is 122 Å². The zero-order valence-electron chi connectivity index (χ0n) is 20.7. The molecule has 194 valence electrons. The molecule has 37 heavy (non-hydrogen) atoms. The summed E-state index contributed by atoms with van der Waals surface area (Å²) in [5.74, 6) is -2.21. The number of furan rings is 1. The maximum absolute atomic E-state index is 13.8. The average molecular weight is 527 g/mol. The van der Waals surface area contributed by atoms with Crippen LogP contribution in [0.15, 0.2) is 40.9 Å². The molecule has 1 aliphatic carbocycles. The number of nitrogens with zero attached hydrogens (tertiary/aromatic N) is 3. The van der Waals surface area contributed by atoms with Crippen molar-refractivity contribution in [2.75, 3.05) is 24.5 Å². The first-order chi connectivity index (χ1) is 17.7. The summed E-state index contributed by atoms with van der Waals surface area (Å²) < 4.78 is 10.9. The molecule has 3 aromatic rings. The Morgan fingerprint density at radius 2 is 1.84 bits per heavy atom. The Hall–Kier alpha value is -3.92. The van der Waals surface area contributed by atoms with E-state index >= 15 is 0 Å². The number of aromatic nitrogens is 1. The van der Waals surface area contributed by atoms with Gasteiger partial charge in [0.15, 0.2) is 11.3 Å². The number of hydrogen-bond donors (Lipinski definition) is 1. The van der Waals surface area contributed by atoms with E-state index in [-0.39, 0.29) is 40.2 Å². The highest BCUT2D eigenvalue weighted by molar-refractivity contribution is 6.30. The van der Waals surface area contributed by atoms with Gasteiger partial charge in [-0.25, -0.2) is 14.8 Å². The molecular weight excluding hydrogens is 500 g/mol. The zero-order valence-corrected chi connectivity index (χ0v) is 21.5. The monoisotopic (exact) mass is 526 g/mol. The lowest BCUT2D eigenvalue weighted by Crippen LogP contribution is -2.50. The van der Waals surface area contributed by atoms with Crippen LogP contribution in [0.4, 0.5) is 11.5 Å². The second-order valence-electron chi connectivity index (χ2n) is 8.83. The van der Waals surface area contributed by atoms with Crippen molar-refractivity contribution in [3.05, 3.63) is 52.9 Å². The van der Waals surface area contributed by atoms with Crippen molar-refractivity contribution in [2.24, 2.45) is 5.92 Å². The van der Waals surface area contributed by atoms with Crippen LogP contribution >= 0.6 is 11.6 Å². The Morgan fingerprint density at radius 1 is 1.11 bits per heavy atom. The van der Waals surface area contributed by atoms with Crippen LogP contribution in [0.3, 0.4) is 0 Å².